The maximum Gasteiger partial charge on any atom is 0.261 e. The van der Waals surface area contributed by atoms with Crippen molar-refractivity contribution in [3.05, 3.63) is 64.7 Å². The van der Waals surface area contributed by atoms with E-state index in [2.05, 4.69) is 15.2 Å². The van der Waals surface area contributed by atoms with Gasteiger partial charge in [-0.25, -0.2) is 9.66 Å². The third kappa shape index (κ3) is 3.09. The van der Waals surface area contributed by atoms with E-state index < -0.39 is 0 Å². The predicted octanol–water partition coefficient (Wildman–Crippen LogP) is 2.21. The van der Waals surface area contributed by atoms with E-state index in [1.54, 1.807) is 24.8 Å². The molecule has 0 aliphatic carbocycles. The number of nitrogens with zero attached hydrogens (tertiary/aromatic N) is 5. The van der Waals surface area contributed by atoms with Crippen molar-refractivity contribution >= 4 is 22.7 Å². The van der Waals surface area contributed by atoms with Crippen LogP contribution in [0.2, 0.25) is 0 Å². The Bertz CT molecular complexity index is 1220. The molecule has 28 heavy (non-hydrogen) atoms. The standard InChI is InChI=1S/C19H18N6O2S/c1-24-16(21-14-9-5-3-7-12(14)18(24)26)11-28-19-23-22-17(25(19)20)13-8-4-6-10-15(13)27-2/h3-10H,11,20H2,1-2H3. The Labute approximate surface area is 165 Å². The molecule has 142 valence electrons. The van der Waals surface area contributed by atoms with Crippen LogP contribution in [0.1, 0.15) is 5.82 Å². The first-order valence-electron chi connectivity index (χ1n) is 8.51. The number of nitrogen functional groups attached to an aromatic ring is 1. The van der Waals surface area contributed by atoms with Crippen LogP contribution in [0, 0.1) is 0 Å². The van der Waals surface area contributed by atoms with Gasteiger partial charge in [0.2, 0.25) is 5.16 Å². The van der Waals surface area contributed by atoms with Crippen molar-refractivity contribution in [3.63, 3.8) is 0 Å². The Hall–Kier alpha value is -3.33. The van der Waals surface area contributed by atoms with Crippen LogP contribution < -0.4 is 16.1 Å². The summed E-state index contributed by atoms with van der Waals surface area (Å²) in [5, 5.41) is 9.49. The number of rotatable bonds is 5. The highest BCUT2D eigenvalue weighted by molar-refractivity contribution is 7.98. The summed E-state index contributed by atoms with van der Waals surface area (Å²) in [5.74, 6) is 8.44. The zero-order valence-corrected chi connectivity index (χ0v) is 16.2. The van der Waals surface area contributed by atoms with E-state index in [1.807, 2.05) is 42.5 Å². The predicted molar refractivity (Wildman–Crippen MR) is 109 cm³/mol. The van der Waals surface area contributed by atoms with Gasteiger partial charge in [0.25, 0.3) is 5.56 Å². The lowest BCUT2D eigenvalue weighted by Gasteiger charge is -2.09. The zero-order valence-electron chi connectivity index (χ0n) is 15.4. The number of nitrogens with two attached hydrogens (primary N) is 1. The summed E-state index contributed by atoms with van der Waals surface area (Å²) in [4.78, 5) is 17.1. The summed E-state index contributed by atoms with van der Waals surface area (Å²) in [6, 6.07) is 14.8. The average molecular weight is 394 g/mol. The minimum absolute atomic E-state index is 0.0786. The molecule has 0 atom stereocenters. The van der Waals surface area contributed by atoms with E-state index in [0.29, 0.717) is 39.2 Å². The first-order chi connectivity index (χ1) is 13.6. The number of methoxy groups -OCH3 is 1. The van der Waals surface area contributed by atoms with Crippen molar-refractivity contribution in [1.29, 1.82) is 0 Å². The molecule has 0 aliphatic heterocycles. The van der Waals surface area contributed by atoms with E-state index in [9.17, 15) is 4.79 Å². The molecule has 2 heterocycles. The van der Waals surface area contributed by atoms with Crippen molar-refractivity contribution in [2.75, 3.05) is 13.0 Å². The largest absolute Gasteiger partial charge is 0.496 e. The highest BCUT2D eigenvalue weighted by atomic mass is 32.2. The summed E-state index contributed by atoms with van der Waals surface area (Å²) >= 11 is 1.36. The Balaban J connectivity index is 1.63. The highest BCUT2D eigenvalue weighted by Gasteiger charge is 2.17. The van der Waals surface area contributed by atoms with Gasteiger partial charge in [0.05, 0.1) is 29.3 Å². The van der Waals surface area contributed by atoms with Crippen molar-refractivity contribution < 1.29 is 4.74 Å². The molecule has 0 spiro atoms. The SMILES string of the molecule is COc1ccccc1-c1nnc(SCc2nc3ccccc3c(=O)n2C)n1N. The summed E-state index contributed by atoms with van der Waals surface area (Å²) in [6.45, 7) is 0. The summed E-state index contributed by atoms with van der Waals surface area (Å²) < 4.78 is 8.34. The van der Waals surface area contributed by atoms with Gasteiger partial charge in [0, 0.05) is 7.05 Å². The third-order valence-corrected chi connectivity index (χ3v) is 5.36. The number of fused-ring (bicyclic) bond motifs is 1. The maximum absolute atomic E-state index is 12.5. The van der Waals surface area contributed by atoms with Crippen LogP contribution in [0.4, 0.5) is 0 Å². The Kier molecular flexibility index (Phi) is 4.74. The second kappa shape index (κ2) is 7.35. The molecule has 0 radical (unpaired) electrons. The smallest absolute Gasteiger partial charge is 0.261 e. The van der Waals surface area contributed by atoms with Gasteiger partial charge < -0.3 is 10.6 Å². The van der Waals surface area contributed by atoms with Crippen LogP contribution in [-0.4, -0.2) is 31.5 Å². The topological polar surface area (TPSA) is 101 Å². The molecule has 0 saturated heterocycles. The normalized spacial score (nSPS) is 11.1. The van der Waals surface area contributed by atoms with Gasteiger partial charge >= 0.3 is 0 Å². The van der Waals surface area contributed by atoms with Crippen molar-refractivity contribution in [2.45, 2.75) is 10.9 Å². The number of hydrogen-bond acceptors (Lipinski definition) is 7. The molecule has 0 aliphatic rings. The minimum atomic E-state index is -0.0786. The second-order valence-corrected chi connectivity index (χ2v) is 7.02. The molecule has 2 aromatic carbocycles. The highest BCUT2D eigenvalue weighted by Crippen LogP contribution is 2.30. The summed E-state index contributed by atoms with van der Waals surface area (Å²) in [6.07, 6.45) is 0. The lowest BCUT2D eigenvalue weighted by atomic mass is 10.2. The number of benzene rings is 2. The Morgan fingerprint density at radius 3 is 2.68 bits per heavy atom. The molecule has 2 N–H and O–H groups in total. The molecule has 0 unspecified atom stereocenters. The van der Waals surface area contributed by atoms with Gasteiger partial charge in [-0.15, -0.1) is 10.2 Å². The van der Waals surface area contributed by atoms with E-state index in [-0.39, 0.29) is 5.56 Å². The molecule has 2 aromatic heterocycles. The summed E-state index contributed by atoms with van der Waals surface area (Å²) in [7, 11) is 3.31. The first kappa shape index (κ1) is 18.1. The van der Waals surface area contributed by atoms with Crippen LogP contribution in [-0.2, 0) is 12.8 Å². The molecular formula is C19H18N6O2S. The monoisotopic (exact) mass is 394 g/mol. The van der Waals surface area contributed by atoms with Crippen molar-refractivity contribution in [3.8, 4) is 17.1 Å². The van der Waals surface area contributed by atoms with E-state index >= 15 is 0 Å². The fraction of sp³-hybridized carbons (Fsp3) is 0.158. The van der Waals surface area contributed by atoms with Crippen LogP contribution >= 0.6 is 11.8 Å². The van der Waals surface area contributed by atoms with Crippen LogP contribution in [0.25, 0.3) is 22.3 Å². The number of ether oxygens (including phenoxy) is 1. The molecule has 0 bridgehead atoms. The Morgan fingerprint density at radius 1 is 1.11 bits per heavy atom. The lowest BCUT2D eigenvalue weighted by Crippen LogP contribution is -2.22. The molecule has 4 aromatic rings. The Morgan fingerprint density at radius 2 is 1.86 bits per heavy atom. The van der Waals surface area contributed by atoms with E-state index in [0.717, 1.165) is 5.56 Å². The molecule has 4 rings (SSSR count). The van der Waals surface area contributed by atoms with Crippen molar-refractivity contribution in [2.24, 2.45) is 7.05 Å². The van der Waals surface area contributed by atoms with Crippen LogP contribution in [0.3, 0.4) is 0 Å². The molecule has 0 fully saturated rings. The number of aromatic nitrogens is 5. The van der Waals surface area contributed by atoms with Crippen molar-refractivity contribution in [1.82, 2.24) is 24.4 Å². The fourth-order valence-electron chi connectivity index (χ4n) is 2.91. The molecule has 9 heteroatoms. The van der Waals surface area contributed by atoms with E-state index in [4.69, 9.17) is 10.6 Å². The first-order valence-corrected chi connectivity index (χ1v) is 9.50. The van der Waals surface area contributed by atoms with Gasteiger partial charge in [-0.3, -0.25) is 9.36 Å². The van der Waals surface area contributed by atoms with Crippen LogP contribution in [0.5, 0.6) is 5.75 Å². The number of thioether (sulfide) groups is 1. The lowest BCUT2D eigenvalue weighted by molar-refractivity contribution is 0.416. The average Bonchev–Trinajstić information content (AvgIpc) is 3.09. The molecule has 0 saturated carbocycles. The number of hydrogen-bond donors (Lipinski definition) is 1. The summed E-state index contributed by atoms with van der Waals surface area (Å²) in [5.41, 5.74) is 1.35. The third-order valence-electron chi connectivity index (χ3n) is 4.42. The number of para-hydroxylation sites is 2. The van der Waals surface area contributed by atoms with Gasteiger partial charge in [-0.05, 0) is 24.3 Å². The zero-order chi connectivity index (χ0) is 19.7. The van der Waals surface area contributed by atoms with Gasteiger partial charge in [0.1, 0.15) is 11.6 Å². The van der Waals surface area contributed by atoms with Gasteiger partial charge in [-0.1, -0.05) is 36.0 Å². The fourth-order valence-corrected chi connectivity index (χ4v) is 3.75. The minimum Gasteiger partial charge on any atom is -0.496 e. The molecular weight excluding hydrogens is 376 g/mol. The molecule has 0 amide bonds. The van der Waals surface area contributed by atoms with Gasteiger partial charge in [0.15, 0.2) is 5.82 Å². The van der Waals surface area contributed by atoms with Crippen LogP contribution in [0.15, 0.2) is 58.5 Å². The second-order valence-electron chi connectivity index (χ2n) is 6.07. The van der Waals surface area contributed by atoms with E-state index in [1.165, 1.54) is 16.4 Å². The van der Waals surface area contributed by atoms with Gasteiger partial charge in [-0.2, -0.15) is 0 Å². The molecule has 8 nitrogen and oxygen atoms in total. The maximum atomic E-state index is 12.5. The quantitative estimate of drug-likeness (QED) is 0.409.